The minimum absolute atomic E-state index is 0.221. The van der Waals surface area contributed by atoms with Gasteiger partial charge < -0.3 is 15.7 Å². The Kier molecular flexibility index (Phi) is 4.14. The Morgan fingerprint density at radius 2 is 1.85 bits per heavy atom. The van der Waals surface area contributed by atoms with Crippen molar-refractivity contribution in [2.75, 3.05) is 5.32 Å². The fourth-order valence-corrected chi connectivity index (χ4v) is 1.60. The van der Waals surface area contributed by atoms with Crippen molar-refractivity contribution in [1.29, 1.82) is 0 Å². The predicted octanol–water partition coefficient (Wildman–Crippen LogP) is 1.16. The molecule has 0 aromatic heterocycles. The van der Waals surface area contributed by atoms with Crippen molar-refractivity contribution in [3.63, 3.8) is 0 Å². The van der Waals surface area contributed by atoms with Crippen molar-refractivity contribution in [3.8, 4) is 0 Å². The molecule has 2 amide bonds. The molecule has 1 aliphatic rings. The molecule has 0 radical (unpaired) electrons. The number of nitrogens with one attached hydrogen (secondary N) is 2. The van der Waals surface area contributed by atoms with Crippen LogP contribution in [0.2, 0.25) is 0 Å². The lowest BCUT2D eigenvalue weighted by atomic mass is 10.1. The van der Waals surface area contributed by atoms with Crippen LogP contribution in [-0.2, 0) is 9.59 Å². The Labute approximate surface area is 115 Å². The zero-order chi connectivity index (χ0) is 14.5. The van der Waals surface area contributed by atoms with Crippen LogP contribution in [-0.4, -0.2) is 28.9 Å². The average Bonchev–Trinajstić information content (AvgIpc) is 3.21. The predicted molar refractivity (Wildman–Crippen MR) is 72.3 cm³/mol. The number of benzene rings is 1. The molecule has 2 rings (SSSR count). The molecule has 1 aliphatic carbocycles. The van der Waals surface area contributed by atoms with Crippen molar-refractivity contribution >= 4 is 23.5 Å². The van der Waals surface area contributed by atoms with Crippen LogP contribution in [0, 0.1) is 0 Å². The van der Waals surface area contributed by atoms with E-state index in [-0.39, 0.29) is 11.9 Å². The Hall–Kier alpha value is -2.63. The summed E-state index contributed by atoms with van der Waals surface area (Å²) in [4.78, 5) is 33.9. The van der Waals surface area contributed by atoms with Gasteiger partial charge in [0.05, 0.1) is 11.3 Å². The molecule has 0 unspecified atom stereocenters. The highest BCUT2D eigenvalue weighted by molar-refractivity contribution is 6.07. The molecule has 6 nitrogen and oxygen atoms in total. The summed E-state index contributed by atoms with van der Waals surface area (Å²) in [6.07, 6.45) is 3.59. The summed E-state index contributed by atoms with van der Waals surface area (Å²) in [5, 5.41) is 13.8. The van der Waals surface area contributed by atoms with E-state index in [2.05, 4.69) is 10.6 Å². The van der Waals surface area contributed by atoms with Crippen molar-refractivity contribution < 1.29 is 19.5 Å². The van der Waals surface area contributed by atoms with Crippen molar-refractivity contribution in [2.45, 2.75) is 18.9 Å². The molecule has 20 heavy (non-hydrogen) atoms. The summed E-state index contributed by atoms with van der Waals surface area (Å²) < 4.78 is 0. The van der Waals surface area contributed by atoms with Crippen LogP contribution in [0.25, 0.3) is 0 Å². The summed E-state index contributed by atoms with van der Waals surface area (Å²) in [5.74, 6) is -2.05. The molecular weight excluding hydrogens is 260 g/mol. The SMILES string of the molecule is O=C(O)/C=C/C(=O)Nc1ccccc1C(=O)NC1CC1. The molecule has 0 aliphatic heterocycles. The molecule has 0 heterocycles. The fraction of sp³-hybridized carbons (Fsp3) is 0.214. The lowest BCUT2D eigenvalue weighted by Gasteiger charge is -2.09. The Bertz CT molecular complexity index is 576. The second-order valence-electron chi connectivity index (χ2n) is 4.45. The summed E-state index contributed by atoms with van der Waals surface area (Å²) >= 11 is 0. The molecule has 104 valence electrons. The monoisotopic (exact) mass is 274 g/mol. The normalized spacial score (nSPS) is 14.0. The quantitative estimate of drug-likeness (QED) is 0.702. The number of amides is 2. The van der Waals surface area contributed by atoms with E-state index in [1.807, 2.05) is 0 Å². The van der Waals surface area contributed by atoms with Gasteiger partial charge in [-0.1, -0.05) is 12.1 Å². The molecule has 1 aromatic rings. The number of para-hydroxylation sites is 1. The Balaban J connectivity index is 2.08. The van der Waals surface area contributed by atoms with E-state index in [4.69, 9.17) is 5.11 Å². The van der Waals surface area contributed by atoms with Gasteiger partial charge in [0.25, 0.3) is 5.91 Å². The third kappa shape index (κ3) is 3.94. The van der Waals surface area contributed by atoms with Crippen LogP contribution in [0.5, 0.6) is 0 Å². The van der Waals surface area contributed by atoms with Gasteiger partial charge in [-0.25, -0.2) is 4.79 Å². The topological polar surface area (TPSA) is 95.5 Å². The van der Waals surface area contributed by atoms with Crippen LogP contribution in [0.4, 0.5) is 5.69 Å². The van der Waals surface area contributed by atoms with Crippen LogP contribution >= 0.6 is 0 Å². The van der Waals surface area contributed by atoms with Gasteiger partial charge in [0, 0.05) is 18.2 Å². The summed E-state index contributed by atoms with van der Waals surface area (Å²) in [7, 11) is 0. The molecule has 6 heteroatoms. The van der Waals surface area contributed by atoms with E-state index in [1.54, 1.807) is 24.3 Å². The second kappa shape index (κ2) is 6.01. The molecular formula is C14H14N2O4. The van der Waals surface area contributed by atoms with Gasteiger partial charge >= 0.3 is 5.97 Å². The van der Waals surface area contributed by atoms with Crippen LogP contribution < -0.4 is 10.6 Å². The number of rotatable bonds is 5. The molecule has 1 fully saturated rings. The van der Waals surface area contributed by atoms with Crippen molar-refractivity contribution in [2.24, 2.45) is 0 Å². The maximum Gasteiger partial charge on any atom is 0.328 e. The van der Waals surface area contributed by atoms with Gasteiger partial charge in [-0.05, 0) is 25.0 Å². The molecule has 0 bridgehead atoms. The molecule has 1 saturated carbocycles. The maximum absolute atomic E-state index is 12.0. The van der Waals surface area contributed by atoms with E-state index in [9.17, 15) is 14.4 Å². The number of anilines is 1. The molecule has 0 spiro atoms. The molecule has 0 saturated heterocycles. The summed E-state index contributed by atoms with van der Waals surface area (Å²) in [5.41, 5.74) is 0.710. The smallest absolute Gasteiger partial charge is 0.328 e. The number of carboxylic acids is 1. The highest BCUT2D eigenvalue weighted by Gasteiger charge is 2.24. The average molecular weight is 274 g/mol. The van der Waals surface area contributed by atoms with E-state index in [1.165, 1.54) is 0 Å². The molecule has 0 atom stereocenters. The first kappa shape index (κ1) is 13.8. The number of aliphatic carboxylic acids is 1. The first-order valence-electron chi connectivity index (χ1n) is 6.18. The fourth-order valence-electron chi connectivity index (χ4n) is 1.60. The minimum Gasteiger partial charge on any atom is -0.478 e. The molecule has 3 N–H and O–H groups in total. The second-order valence-corrected chi connectivity index (χ2v) is 4.45. The zero-order valence-corrected chi connectivity index (χ0v) is 10.6. The number of carbonyl (C=O) groups is 3. The first-order valence-corrected chi connectivity index (χ1v) is 6.18. The van der Waals surface area contributed by atoms with E-state index in [0.29, 0.717) is 11.3 Å². The first-order chi connectivity index (χ1) is 9.56. The maximum atomic E-state index is 12.0. The number of hydrogen-bond donors (Lipinski definition) is 3. The zero-order valence-electron chi connectivity index (χ0n) is 10.6. The van der Waals surface area contributed by atoms with Crippen LogP contribution in [0.3, 0.4) is 0 Å². The van der Waals surface area contributed by atoms with Gasteiger partial charge in [-0.15, -0.1) is 0 Å². The highest BCUT2D eigenvalue weighted by Crippen LogP contribution is 2.21. The standard InChI is InChI=1S/C14H14N2O4/c17-12(7-8-13(18)19)16-11-4-2-1-3-10(11)14(20)15-9-5-6-9/h1-4,7-9H,5-6H2,(H,15,20)(H,16,17)(H,18,19)/b8-7+. The largest absolute Gasteiger partial charge is 0.478 e. The van der Waals surface area contributed by atoms with Gasteiger partial charge in [0.2, 0.25) is 5.91 Å². The van der Waals surface area contributed by atoms with Crippen molar-refractivity contribution in [3.05, 3.63) is 42.0 Å². The lowest BCUT2D eigenvalue weighted by molar-refractivity contribution is -0.131. The number of hydrogen-bond acceptors (Lipinski definition) is 3. The van der Waals surface area contributed by atoms with Gasteiger partial charge in [0.15, 0.2) is 0 Å². The molecule has 1 aromatic carbocycles. The van der Waals surface area contributed by atoms with E-state index < -0.39 is 11.9 Å². The van der Waals surface area contributed by atoms with Crippen LogP contribution in [0.1, 0.15) is 23.2 Å². The van der Waals surface area contributed by atoms with E-state index >= 15 is 0 Å². The lowest BCUT2D eigenvalue weighted by Crippen LogP contribution is -2.26. The Morgan fingerprint density at radius 3 is 2.50 bits per heavy atom. The van der Waals surface area contributed by atoms with Crippen LogP contribution in [0.15, 0.2) is 36.4 Å². The Morgan fingerprint density at radius 1 is 1.15 bits per heavy atom. The van der Waals surface area contributed by atoms with Gasteiger partial charge in [0.1, 0.15) is 0 Å². The van der Waals surface area contributed by atoms with Gasteiger partial charge in [-0.2, -0.15) is 0 Å². The third-order valence-electron chi connectivity index (χ3n) is 2.72. The minimum atomic E-state index is -1.21. The van der Waals surface area contributed by atoms with Gasteiger partial charge in [-0.3, -0.25) is 9.59 Å². The summed E-state index contributed by atoms with van der Waals surface area (Å²) in [6, 6.07) is 6.80. The highest BCUT2D eigenvalue weighted by atomic mass is 16.4. The number of carbonyl (C=O) groups excluding carboxylic acids is 2. The number of carboxylic acid groups (broad SMARTS) is 1. The van der Waals surface area contributed by atoms with E-state index in [0.717, 1.165) is 25.0 Å². The third-order valence-corrected chi connectivity index (χ3v) is 2.72. The van der Waals surface area contributed by atoms with Crippen molar-refractivity contribution in [1.82, 2.24) is 5.32 Å². The summed E-state index contributed by atoms with van der Waals surface area (Å²) in [6.45, 7) is 0.